The molecule has 0 saturated heterocycles. The second kappa shape index (κ2) is 1.73. The van der Waals surface area contributed by atoms with E-state index in [0.717, 1.165) is 0 Å². The summed E-state index contributed by atoms with van der Waals surface area (Å²) in [6.07, 6.45) is 0. The van der Waals surface area contributed by atoms with Gasteiger partial charge in [-0.3, -0.25) is 0 Å². The molecule has 0 aromatic rings. The zero-order valence-corrected chi connectivity index (χ0v) is 3.89. The maximum atomic E-state index is 3.64. The summed E-state index contributed by atoms with van der Waals surface area (Å²) in [5, 5.41) is 0. The molecular formula is C2H4S2. The molecule has 0 aliphatic heterocycles. The van der Waals surface area contributed by atoms with Crippen LogP contribution in [0, 0.1) is 0 Å². The summed E-state index contributed by atoms with van der Waals surface area (Å²) in [4.78, 5) is 0. The molecule has 0 heterocycles. The molecule has 0 fully saturated rings. The number of rotatable bonds is 0. The van der Waals surface area contributed by atoms with Crippen molar-refractivity contribution in [2.75, 3.05) is 0 Å². The van der Waals surface area contributed by atoms with E-state index < -0.39 is 0 Å². The van der Waals surface area contributed by atoms with Crippen LogP contribution in [0.15, 0.2) is 10.8 Å². The van der Waals surface area contributed by atoms with Crippen molar-refractivity contribution in [3.63, 3.8) is 0 Å². The van der Waals surface area contributed by atoms with E-state index in [9.17, 15) is 0 Å². The average molecular weight is 92.2 g/mol. The SMILES string of the molecule is C=C(S)S. The van der Waals surface area contributed by atoms with Crippen LogP contribution in [0.1, 0.15) is 0 Å². The molecule has 0 spiro atoms. The monoisotopic (exact) mass is 92.0 g/mol. The summed E-state index contributed by atoms with van der Waals surface area (Å²) in [6, 6.07) is 0. The van der Waals surface area contributed by atoms with E-state index in [2.05, 4.69) is 31.8 Å². The first kappa shape index (κ1) is 4.44. The lowest BCUT2D eigenvalue weighted by atomic mass is 11.3. The Morgan fingerprint density at radius 1 is 1.50 bits per heavy atom. The van der Waals surface area contributed by atoms with Gasteiger partial charge in [0, 0.05) is 4.24 Å². The maximum absolute atomic E-state index is 3.64. The Labute approximate surface area is 36.7 Å². The fourth-order valence-corrected chi connectivity index (χ4v) is 0. The highest BCUT2D eigenvalue weighted by Crippen LogP contribution is 1.96. The Morgan fingerprint density at radius 2 is 1.50 bits per heavy atom. The van der Waals surface area contributed by atoms with Crippen LogP contribution in [0.4, 0.5) is 0 Å². The molecule has 0 aromatic heterocycles. The molecule has 0 amide bonds. The maximum Gasteiger partial charge on any atom is 0.0267 e. The van der Waals surface area contributed by atoms with Crippen molar-refractivity contribution in [1.82, 2.24) is 0 Å². The first-order valence-electron chi connectivity index (χ1n) is 0.801. The van der Waals surface area contributed by atoms with Gasteiger partial charge in [-0.25, -0.2) is 0 Å². The average Bonchev–Trinajstić information content (AvgIpc) is 0.811. The van der Waals surface area contributed by atoms with E-state index in [4.69, 9.17) is 0 Å². The molecular weight excluding hydrogens is 88.2 g/mol. The second-order valence-corrected chi connectivity index (χ2v) is 1.85. The highest BCUT2D eigenvalue weighted by Gasteiger charge is 1.53. The summed E-state index contributed by atoms with van der Waals surface area (Å²) >= 11 is 7.27. The zero-order valence-electron chi connectivity index (χ0n) is 2.10. The first-order chi connectivity index (χ1) is 1.73. The molecule has 0 nitrogen and oxygen atoms in total. The van der Waals surface area contributed by atoms with Crippen LogP contribution in [-0.4, -0.2) is 0 Å². The molecule has 0 atom stereocenters. The summed E-state index contributed by atoms with van der Waals surface area (Å²) < 4.78 is 0.556. The predicted molar refractivity (Wildman–Crippen MR) is 27.1 cm³/mol. The second-order valence-electron chi connectivity index (χ2n) is 0.416. The number of thiol groups is 2. The van der Waals surface area contributed by atoms with E-state index >= 15 is 0 Å². The third-order valence-electron chi connectivity index (χ3n) is 0. The van der Waals surface area contributed by atoms with Gasteiger partial charge in [-0.15, -0.1) is 25.3 Å². The fraction of sp³-hybridized carbons (Fsp3) is 0. The van der Waals surface area contributed by atoms with Gasteiger partial charge in [-0.2, -0.15) is 0 Å². The molecule has 0 rings (SSSR count). The Hall–Kier alpha value is 0.440. The van der Waals surface area contributed by atoms with Gasteiger partial charge in [0.15, 0.2) is 0 Å². The summed E-state index contributed by atoms with van der Waals surface area (Å²) in [7, 11) is 0. The lowest BCUT2D eigenvalue weighted by Crippen LogP contribution is -1.25. The van der Waals surface area contributed by atoms with Crippen LogP contribution in [0.5, 0.6) is 0 Å². The minimum absolute atomic E-state index is 0.556. The Bertz CT molecular complexity index is 27.0. The van der Waals surface area contributed by atoms with Crippen molar-refractivity contribution in [3.05, 3.63) is 10.8 Å². The molecule has 0 N–H and O–H groups in total. The van der Waals surface area contributed by atoms with Gasteiger partial charge in [-0.1, -0.05) is 6.58 Å². The smallest absolute Gasteiger partial charge is 0.0267 e. The van der Waals surface area contributed by atoms with Crippen molar-refractivity contribution in [1.29, 1.82) is 0 Å². The molecule has 24 valence electrons. The van der Waals surface area contributed by atoms with Gasteiger partial charge < -0.3 is 0 Å². The van der Waals surface area contributed by atoms with Crippen LogP contribution in [0.25, 0.3) is 0 Å². The van der Waals surface area contributed by atoms with Crippen LogP contribution >= 0.6 is 25.3 Å². The summed E-state index contributed by atoms with van der Waals surface area (Å²) in [5.41, 5.74) is 0. The molecule has 2 heteroatoms. The van der Waals surface area contributed by atoms with Crippen molar-refractivity contribution >= 4 is 25.3 Å². The van der Waals surface area contributed by atoms with Crippen LogP contribution in [-0.2, 0) is 0 Å². The lowest BCUT2D eigenvalue weighted by molar-refractivity contribution is 2.58. The third-order valence-corrected chi connectivity index (χ3v) is 0. The van der Waals surface area contributed by atoms with E-state index in [1.807, 2.05) is 0 Å². The van der Waals surface area contributed by atoms with Crippen molar-refractivity contribution in [3.8, 4) is 0 Å². The summed E-state index contributed by atoms with van der Waals surface area (Å²) in [5.74, 6) is 0. The molecule has 0 aliphatic carbocycles. The van der Waals surface area contributed by atoms with E-state index in [0.29, 0.717) is 4.24 Å². The van der Waals surface area contributed by atoms with Crippen LogP contribution in [0.2, 0.25) is 0 Å². The quantitative estimate of drug-likeness (QED) is 0.414. The van der Waals surface area contributed by atoms with E-state index in [1.54, 1.807) is 0 Å². The molecule has 0 radical (unpaired) electrons. The molecule has 0 aromatic carbocycles. The first-order valence-corrected chi connectivity index (χ1v) is 1.70. The van der Waals surface area contributed by atoms with Crippen molar-refractivity contribution in [2.24, 2.45) is 0 Å². The highest BCUT2D eigenvalue weighted by molar-refractivity contribution is 8.04. The van der Waals surface area contributed by atoms with Crippen LogP contribution < -0.4 is 0 Å². The fourth-order valence-electron chi connectivity index (χ4n) is 0. The largest absolute Gasteiger partial charge is 0.138 e. The molecule has 4 heavy (non-hydrogen) atoms. The molecule has 0 bridgehead atoms. The van der Waals surface area contributed by atoms with E-state index in [1.165, 1.54) is 0 Å². The Balaban J connectivity index is 2.80. The standard InChI is InChI=1S/C2H4S2/c1-2(3)4/h3-4H,1H2. The minimum Gasteiger partial charge on any atom is -0.138 e. The number of hydrogen-bond donors (Lipinski definition) is 2. The molecule has 0 saturated carbocycles. The van der Waals surface area contributed by atoms with Gasteiger partial charge in [0.2, 0.25) is 0 Å². The van der Waals surface area contributed by atoms with Gasteiger partial charge in [0.25, 0.3) is 0 Å². The van der Waals surface area contributed by atoms with Gasteiger partial charge in [0.05, 0.1) is 0 Å². The molecule has 0 aliphatic rings. The summed E-state index contributed by atoms with van der Waals surface area (Å²) in [6.45, 7) is 3.28. The molecule has 0 unspecified atom stereocenters. The van der Waals surface area contributed by atoms with Gasteiger partial charge in [-0.05, 0) is 0 Å². The van der Waals surface area contributed by atoms with Crippen molar-refractivity contribution < 1.29 is 0 Å². The Kier molecular flexibility index (Phi) is 1.92. The minimum atomic E-state index is 0.556. The Morgan fingerprint density at radius 3 is 1.50 bits per heavy atom. The van der Waals surface area contributed by atoms with Gasteiger partial charge >= 0.3 is 0 Å². The lowest BCUT2D eigenvalue weighted by Gasteiger charge is -1.63. The topological polar surface area (TPSA) is 0 Å². The number of hydrogen-bond acceptors (Lipinski definition) is 2. The van der Waals surface area contributed by atoms with E-state index in [-0.39, 0.29) is 0 Å². The normalized spacial score (nSPS) is 6.50. The highest BCUT2D eigenvalue weighted by atomic mass is 32.2. The third kappa shape index (κ3) is 26.1. The zero-order chi connectivity index (χ0) is 3.58. The van der Waals surface area contributed by atoms with Crippen LogP contribution in [0.3, 0.4) is 0 Å². The van der Waals surface area contributed by atoms with Gasteiger partial charge in [0.1, 0.15) is 0 Å². The van der Waals surface area contributed by atoms with Crippen molar-refractivity contribution in [2.45, 2.75) is 0 Å². The predicted octanol–water partition coefficient (Wildman–Crippen LogP) is 1.32.